The molecular formula is C15H24ClNO3. The minimum absolute atomic E-state index is 0.0597. The summed E-state index contributed by atoms with van der Waals surface area (Å²) in [6.45, 7) is 5.77. The van der Waals surface area contributed by atoms with E-state index in [1.807, 2.05) is 30.9 Å². The van der Waals surface area contributed by atoms with Gasteiger partial charge in [-0.1, -0.05) is 0 Å². The van der Waals surface area contributed by atoms with E-state index in [0.29, 0.717) is 19.6 Å². The first-order chi connectivity index (χ1) is 9.53. The normalized spacial score (nSPS) is 12.8. The van der Waals surface area contributed by atoms with E-state index < -0.39 is 0 Å². The number of benzene rings is 1. The van der Waals surface area contributed by atoms with Crippen LogP contribution < -0.4 is 4.74 Å². The van der Waals surface area contributed by atoms with Gasteiger partial charge in [0.2, 0.25) is 0 Å². The number of hydrogen-bond donors (Lipinski definition) is 2. The zero-order chi connectivity index (χ0) is 15.1. The molecule has 4 nitrogen and oxygen atoms in total. The van der Waals surface area contributed by atoms with Gasteiger partial charge >= 0.3 is 0 Å². The van der Waals surface area contributed by atoms with Gasteiger partial charge in [0.25, 0.3) is 0 Å². The zero-order valence-electron chi connectivity index (χ0n) is 12.4. The molecule has 0 aromatic heterocycles. The molecule has 1 unspecified atom stereocenters. The van der Waals surface area contributed by atoms with Gasteiger partial charge in [0.15, 0.2) is 0 Å². The molecule has 0 saturated carbocycles. The van der Waals surface area contributed by atoms with E-state index in [-0.39, 0.29) is 18.6 Å². The Kier molecular flexibility index (Phi) is 7.30. The summed E-state index contributed by atoms with van der Waals surface area (Å²) in [6.07, 6.45) is 0. The molecule has 0 bridgehead atoms. The van der Waals surface area contributed by atoms with Crippen molar-refractivity contribution in [3.8, 4) is 5.75 Å². The van der Waals surface area contributed by atoms with Crippen molar-refractivity contribution in [1.82, 2.24) is 4.90 Å². The fourth-order valence-electron chi connectivity index (χ4n) is 2.44. The average Bonchev–Trinajstić information content (AvgIpc) is 2.38. The Bertz CT molecular complexity index is 397. The molecule has 0 radical (unpaired) electrons. The molecule has 0 aliphatic carbocycles. The van der Waals surface area contributed by atoms with Gasteiger partial charge in [-0.3, -0.25) is 4.90 Å². The fourth-order valence-corrected chi connectivity index (χ4v) is 2.98. The van der Waals surface area contributed by atoms with Crippen LogP contribution in [-0.2, 0) is 0 Å². The van der Waals surface area contributed by atoms with E-state index in [9.17, 15) is 0 Å². The Hall–Kier alpha value is -0.810. The summed E-state index contributed by atoms with van der Waals surface area (Å²) in [5, 5.41) is 17.9. The van der Waals surface area contributed by atoms with Gasteiger partial charge in [-0.05, 0) is 42.7 Å². The van der Waals surface area contributed by atoms with E-state index >= 15 is 0 Å². The van der Waals surface area contributed by atoms with Crippen LogP contribution >= 0.6 is 11.6 Å². The fraction of sp³-hybridized carbons (Fsp3) is 0.600. The van der Waals surface area contributed by atoms with Crippen molar-refractivity contribution in [2.24, 2.45) is 0 Å². The molecule has 5 heteroatoms. The van der Waals surface area contributed by atoms with Gasteiger partial charge < -0.3 is 14.9 Å². The minimum atomic E-state index is -0.181. The number of ether oxygens (including phenoxy) is 1. The second-order valence-electron chi connectivity index (χ2n) is 4.89. The van der Waals surface area contributed by atoms with Crippen LogP contribution in [0.1, 0.15) is 22.1 Å². The maximum absolute atomic E-state index is 9.04. The first kappa shape index (κ1) is 17.2. The molecule has 20 heavy (non-hydrogen) atoms. The van der Waals surface area contributed by atoms with Gasteiger partial charge in [0.05, 0.1) is 25.7 Å². The van der Waals surface area contributed by atoms with Crippen LogP contribution in [0.25, 0.3) is 0 Å². The summed E-state index contributed by atoms with van der Waals surface area (Å²) in [5.74, 6) is 0.829. The van der Waals surface area contributed by atoms with Crippen LogP contribution in [0.15, 0.2) is 12.1 Å². The highest BCUT2D eigenvalue weighted by Gasteiger charge is 2.18. The first-order valence-corrected chi connectivity index (χ1v) is 7.20. The molecule has 0 spiro atoms. The lowest BCUT2D eigenvalue weighted by molar-refractivity contribution is 0.161. The smallest absolute Gasteiger partial charge is 0.119 e. The van der Waals surface area contributed by atoms with Crippen LogP contribution in [0.5, 0.6) is 5.75 Å². The summed E-state index contributed by atoms with van der Waals surface area (Å²) in [5.41, 5.74) is 3.28. The maximum Gasteiger partial charge on any atom is 0.119 e. The molecule has 0 aliphatic rings. The standard InChI is InChI=1S/C15H24ClNO3/c1-11-8-13(20-3)9-12(2)15(11)14(16)10-17(4-6-18)5-7-19/h8-9,14,18-19H,4-7,10H2,1-3H3. The lowest BCUT2D eigenvalue weighted by Gasteiger charge is -2.25. The second-order valence-corrected chi connectivity index (χ2v) is 5.42. The van der Waals surface area contributed by atoms with Crippen molar-refractivity contribution in [2.45, 2.75) is 19.2 Å². The van der Waals surface area contributed by atoms with Crippen LogP contribution in [0.3, 0.4) is 0 Å². The third kappa shape index (κ3) is 4.63. The molecule has 2 N–H and O–H groups in total. The molecule has 0 saturated heterocycles. The molecule has 1 aromatic carbocycles. The van der Waals surface area contributed by atoms with Gasteiger partial charge in [0, 0.05) is 19.6 Å². The van der Waals surface area contributed by atoms with Gasteiger partial charge in [-0.15, -0.1) is 11.6 Å². The van der Waals surface area contributed by atoms with Crippen LogP contribution in [0, 0.1) is 13.8 Å². The van der Waals surface area contributed by atoms with E-state index in [1.54, 1.807) is 7.11 Å². The Morgan fingerprint density at radius 3 is 2.05 bits per heavy atom. The Labute approximate surface area is 125 Å². The van der Waals surface area contributed by atoms with Crippen LogP contribution in [0.2, 0.25) is 0 Å². The van der Waals surface area contributed by atoms with Crippen molar-refractivity contribution in [3.63, 3.8) is 0 Å². The minimum Gasteiger partial charge on any atom is -0.497 e. The Morgan fingerprint density at radius 1 is 1.15 bits per heavy atom. The van der Waals surface area contributed by atoms with E-state index in [1.165, 1.54) is 0 Å². The van der Waals surface area contributed by atoms with Crippen LogP contribution in [0.4, 0.5) is 0 Å². The second kappa shape index (κ2) is 8.47. The van der Waals surface area contributed by atoms with Crippen molar-refractivity contribution < 1.29 is 14.9 Å². The van der Waals surface area contributed by atoms with Gasteiger partial charge in [-0.2, -0.15) is 0 Å². The zero-order valence-corrected chi connectivity index (χ0v) is 13.2. The van der Waals surface area contributed by atoms with Crippen LogP contribution in [-0.4, -0.2) is 55.1 Å². The number of aryl methyl sites for hydroxylation is 2. The lowest BCUT2D eigenvalue weighted by Crippen LogP contribution is -2.33. The summed E-state index contributed by atoms with van der Waals surface area (Å²) in [4.78, 5) is 1.96. The van der Waals surface area contributed by atoms with Crippen molar-refractivity contribution >= 4 is 11.6 Å². The van der Waals surface area contributed by atoms with Gasteiger partial charge in [-0.25, -0.2) is 0 Å². The number of hydrogen-bond acceptors (Lipinski definition) is 4. The molecule has 114 valence electrons. The summed E-state index contributed by atoms with van der Waals surface area (Å²) in [7, 11) is 1.65. The van der Waals surface area contributed by atoms with Crippen molar-refractivity contribution in [1.29, 1.82) is 0 Å². The molecule has 1 atom stereocenters. The molecular weight excluding hydrogens is 278 g/mol. The number of aliphatic hydroxyl groups excluding tert-OH is 2. The SMILES string of the molecule is COc1cc(C)c(C(Cl)CN(CCO)CCO)c(C)c1. The third-order valence-electron chi connectivity index (χ3n) is 3.37. The highest BCUT2D eigenvalue weighted by atomic mass is 35.5. The van der Waals surface area contributed by atoms with E-state index in [2.05, 4.69) is 0 Å². The number of halogens is 1. The monoisotopic (exact) mass is 301 g/mol. The molecule has 1 aromatic rings. The predicted octanol–water partition coefficient (Wildman–Crippen LogP) is 1.88. The number of aliphatic hydroxyl groups is 2. The molecule has 0 amide bonds. The Balaban J connectivity index is 2.88. The predicted molar refractivity (Wildman–Crippen MR) is 81.7 cm³/mol. The molecule has 0 fully saturated rings. The summed E-state index contributed by atoms with van der Waals surface area (Å²) >= 11 is 6.53. The number of alkyl halides is 1. The lowest BCUT2D eigenvalue weighted by atomic mass is 9.99. The molecule has 1 rings (SSSR count). The highest BCUT2D eigenvalue weighted by molar-refractivity contribution is 6.21. The summed E-state index contributed by atoms with van der Waals surface area (Å²) in [6, 6.07) is 3.94. The largest absolute Gasteiger partial charge is 0.497 e. The Morgan fingerprint density at radius 2 is 1.65 bits per heavy atom. The van der Waals surface area contributed by atoms with Gasteiger partial charge in [0.1, 0.15) is 5.75 Å². The number of nitrogens with zero attached hydrogens (tertiary/aromatic N) is 1. The number of methoxy groups -OCH3 is 1. The average molecular weight is 302 g/mol. The van der Waals surface area contributed by atoms with E-state index in [0.717, 1.165) is 22.4 Å². The maximum atomic E-state index is 9.04. The van der Waals surface area contributed by atoms with Crippen molar-refractivity contribution in [2.75, 3.05) is 40.0 Å². The summed E-state index contributed by atoms with van der Waals surface area (Å²) < 4.78 is 5.25. The molecule has 0 heterocycles. The topological polar surface area (TPSA) is 52.9 Å². The number of rotatable bonds is 8. The van der Waals surface area contributed by atoms with E-state index in [4.69, 9.17) is 26.6 Å². The third-order valence-corrected chi connectivity index (χ3v) is 3.72. The molecule has 0 aliphatic heterocycles. The first-order valence-electron chi connectivity index (χ1n) is 6.76. The van der Waals surface area contributed by atoms with Crippen molar-refractivity contribution in [3.05, 3.63) is 28.8 Å². The highest BCUT2D eigenvalue weighted by Crippen LogP contribution is 2.31. The quantitative estimate of drug-likeness (QED) is 0.720.